The molecule has 0 unspecified atom stereocenters. The number of likely N-dealkylation sites (tertiary alicyclic amines) is 1. The van der Waals surface area contributed by atoms with Gasteiger partial charge in [-0.15, -0.1) is 5.10 Å². The van der Waals surface area contributed by atoms with Gasteiger partial charge in [-0.1, -0.05) is 0 Å². The number of morpholine rings is 1. The predicted molar refractivity (Wildman–Crippen MR) is 77.9 cm³/mol. The Labute approximate surface area is 124 Å². The molecule has 114 valence electrons. The highest BCUT2D eigenvalue weighted by molar-refractivity contribution is 5.83. The van der Waals surface area contributed by atoms with Crippen LogP contribution in [0.4, 0.5) is 5.82 Å². The molecule has 2 aliphatic heterocycles. The number of ether oxygens (including phenoxy) is 1. The first-order valence-corrected chi connectivity index (χ1v) is 7.36. The Hall–Kier alpha value is -1.73. The lowest BCUT2D eigenvalue weighted by molar-refractivity contribution is -0.133. The largest absolute Gasteiger partial charge is 0.374 e. The minimum atomic E-state index is 0.0258. The van der Waals surface area contributed by atoms with Crippen LogP contribution in [0.25, 0.3) is 0 Å². The lowest BCUT2D eigenvalue weighted by atomic mass is 10.1. The molecule has 21 heavy (non-hydrogen) atoms. The summed E-state index contributed by atoms with van der Waals surface area (Å²) in [5.74, 6) is 0.979. The Bertz CT molecular complexity index is 484. The summed E-state index contributed by atoms with van der Waals surface area (Å²) in [5, 5.41) is 11.0. The quantitative estimate of drug-likeness (QED) is 0.830. The van der Waals surface area contributed by atoms with Crippen molar-refractivity contribution in [3.63, 3.8) is 0 Å². The van der Waals surface area contributed by atoms with E-state index in [1.54, 1.807) is 6.20 Å². The van der Waals surface area contributed by atoms with E-state index < -0.39 is 0 Å². The fourth-order valence-corrected chi connectivity index (χ4v) is 2.91. The number of carbonyl (C=O) groups excluding carboxylic acids is 1. The van der Waals surface area contributed by atoms with Crippen molar-refractivity contribution in [1.29, 1.82) is 0 Å². The fourth-order valence-electron chi connectivity index (χ4n) is 2.91. The van der Waals surface area contributed by atoms with Gasteiger partial charge in [0.15, 0.2) is 0 Å². The highest BCUT2D eigenvalue weighted by atomic mass is 16.5. The minimum Gasteiger partial charge on any atom is -0.374 e. The van der Waals surface area contributed by atoms with Crippen LogP contribution in [0, 0.1) is 0 Å². The van der Waals surface area contributed by atoms with Crippen LogP contribution >= 0.6 is 0 Å². The van der Waals surface area contributed by atoms with E-state index in [1.165, 1.54) is 0 Å². The molecule has 7 heteroatoms. The smallest absolute Gasteiger partial charge is 0.239 e. The lowest BCUT2D eigenvalue weighted by Gasteiger charge is -2.35. The van der Waals surface area contributed by atoms with Crippen molar-refractivity contribution >= 4 is 11.7 Å². The Kier molecular flexibility index (Phi) is 4.31. The molecule has 0 radical (unpaired) electrons. The first-order valence-electron chi connectivity index (χ1n) is 7.36. The predicted octanol–water partition coefficient (Wildman–Crippen LogP) is -0.180. The van der Waals surface area contributed by atoms with Crippen LogP contribution in [0.15, 0.2) is 18.3 Å². The van der Waals surface area contributed by atoms with Crippen LogP contribution in [-0.4, -0.2) is 77.9 Å². The third kappa shape index (κ3) is 3.30. The second kappa shape index (κ2) is 6.36. The van der Waals surface area contributed by atoms with Crippen molar-refractivity contribution in [1.82, 2.24) is 20.0 Å². The summed E-state index contributed by atoms with van der Waals surface area (Å²) in [6.45, 7) is 3.79. The van der Waals surface area contributed by atoms with Crippen molar-refractivity contribution in [2.75, 3.05) is 45.2 Å². The second-order valence-corrected chi connectivity index (χ2v) is 5.54. The van der Waals surface area contributed by atoms with E-state index in [1.807, 2.05) is 24.1 Å². The third-order valence-corrected chi connectivity index (χ3v) is 4.09. The molecule has 7 nitrogen and oxygen atoms in total. The van der Waals surface area contributed by atoms with Crippen molar-refractivity contribution in [2.45, 2.75) is 18.6 Å². The molecule has 0 bridgehead atoms. The van der Waals surface area contributed by atoms with E-state index in [-0.39, 0.29) is 18.1 Å². The van der Waals surface area contributed by atoms with Gasteiger partial charge < -0.3 is 15.0 Å². The van der Waals surface area contributed by atoms with Gasteiger partial charge in [0.05, 0.1) is 18.8 Å². The number of anilines is 1. The van der Waals surface area contributed by atoms with Gasteiger partial charge in [-0.2, -0.15) is 5.10 Å². The number of hydrogen-bond donors (Lipinski definition) is 1. The number of amides is 1. The summed E-state index contributed by atoms with van der Waals surface area (Å²) in [6, 6.07) is 3.75. The van der Waals surface area contributed by atoms with Crippen LogP contribution in [0.1, 0.15) is 6.42 Å². The average molecular weight is 291 g/mol. The van der Waals surface area contributed by atoms with Gasteiger partial charge >= 0.3 is 0 Å². The van der Waals surface area contributed by atoms with Gasteiger partial charge in [0.1, 0.15) is 5.82 Å². The number of likely N-dealkylation sites (N-methyl/N-ethyl adjacent to an activating group) is 1. The highest BCUT2D eigenvalue weighted by Crippen LogP contribution is 2.19. The Morgan fingerprint density at radius 1 is 1.48 bits per heavy atom. The molecule has 3 rings (SSSR count). The number of aromatic nitrogens is 2. The van der Waals surface area contributed by atoms with Gasteiger partial charge in [-0.05, 0) is 18.6 Å². The molecule has 0 saturated carbocycles. The maximum atomic E-state index is 12.1. The third-order valence-electron chi connectivity index (χ3n) is 4.09. The molecule has 2 fully saturated rings. The molecular formula is C14H21N5O2. The SMILES string of the molecule is CN1CC[C@H](N2CCO[C@H](CNc3cccnn3)C2)C1=O. The van der Waals surface area contributed by atoms with E-state index in [2.05, 4.69) is 20.4 Å². The van der Waals surface area contributed by atoms with Crippen molar-refractivity contribution in [3.8, 4) is 0 Å². The number of nitrogens with one attached hydrogen (secondary N) is 1. The van der Waals surface area contributed by atoms with Crippen molar-refractivity contribution in [2.24, 2.45) is 0 Å². The van der Waals surface area contributed by atoms with E-state index in [0.717, 1.165) is 31.9 Å². The first-order chi connectivity index (χ1) is 10.2. The molecule has 0 spiro atoms. The summed E-state index contributed by atoms with van der Waals surface area (Å²) < 4.78 is 5.77. The van der Waals surface area contributed by atoms with Gasteiger partial charge in [-0.3, -0.25) is 9.69 Å². The maximum Gasteiger partial charge on any atom is 0.239 e. The molecule has 3 heterocycles. The van der Waals surface area contributed by atoms with E-state index >= 15 is 0 Å². The van der Waals surface area contributed by atoms with Crippen LogP contribution in [-0.2, 0) is 9.53 Å². The molecular weight excluding hydrogens is 270 g/mol. The zero-order valence-electron chi connectivity index (χ0n) is 12.2. The summed E-state index contributed by atoms with van der Waals surface area (Å²) in [5.41, 5.74) is 0. The molecule has 1 N–H and O–H groups in total. The van der Waals surface area contributed by atoms with Crippen LogP contribution < -0.4 is 5.32 Å². The number of carbonyl (C=O) groups is 1. The van der Waals surface area contributed by atoms with E-state index in [4.69, 9.17) is 4.74 Å². The normalized spacial score (nSPS) is 27.1. The lowest BCUT2D eigenvalue weighted by Crippen LogP contribution is -2.51. The first kappa shape index (κ1) is 14.2. The summed E-state index contributed by atoms with van der Waals surface area (Å²) >= 11 is 0. The zero-order chi connectivity index (χ0) is 14.7. The van der Waals surface area contributed by atoms with Crippen LogP contribution in [0.2, 0.25) is 0 Å². The van der Waals surface area contributed by atoms with Crippen LogP contribution in [0.3, 0.4) is 0 Å². The molecule has 1 aromatic heterocycles. The van der Waals surface area contributed by atoms with Crippen molar-refractivity contribution in [3.05, 3.63) is 18.3 Å². The monoisotopic (exact) mass is 291 g/mol. The molecule has 0 aromatic carbocycles. The van der Waals surface area contributed by atoms with Gasteiger partial charge in [-0.25, -0.2) is 0 Å². The van der Waals surface area contributed by atoms with Crippen LogP contribution in [0.5, 0.6) is 0 Å². The second-order valence-electron chi connectivity index (χ2n) is 5.54. The number of hydrogen-bond acceptors (Lipinski definition) is 6. The molecule has 2 aliphatic rings. The topological polar surface area (TPSA) is 70.6 Å². The molecule has 1 aromatic rings. The molecule has 2 saturated heterocycles. The number of nitrogens with zero attached hydrogens (tertiary/aromatic N) is 4. The Morgan fingerprint density at radius 3 is 3.10 bits per heavy atom. The van der Waals surface area contributed by atoms with E-state index in [0.29, 0.717) is 13.2 Å². The fraction of sp³-hybridized carbons (Fsp3) is 0.643. The summed E-state index contributed by atoms with van der Waals surface area (Å²) in [4.78, 5) is 16.2. The maximum absolute atomic E-state index is 12.1. The Morgan fingerprint density at radius 2 is 2.38 bits per heavy atom. The standard InChI is InChI=1S/C14H21N5O2/c1-18-6-4-12(14(18)20)19-7-8-21-11(10-19)9-15-13-3-2-5-16-17-13/h2-3,5,11-12H,4,6-10H2,1H3,(H,15,17)/t11-,12+/m1/s1. The highest BCUT2D eigenvalue weighted by Gasteiger charge is 2.36. The average Bonchev–Trinajstić information content (AvgIpc) is 2.86. The summed E-state index contributed by atoms with van der Waals surface area (Å²) in [7, 11) is 1.87. The minimum absolute atomic E-state index is 0.0258. The molecule has 0 aliphatic carbocycles. The van der Waals surface area contributed by atoms with Gasteiger partial charge in [0.2, 0.25) is 5.91 Å². The molecule has 1 amide bonds. The Balaban J connectivity index is 1.53. The number of rotatable bonds is 4. The molecule has 2 atom stereocenters. The van der Waals surface area contributed by atoms with E-state index in [9.17, 15) is 4.79 Å². The summed E-state index contributed by atoms with van der Waals surface area (Å²) in [6.07, 6.45) is 2.63. The zero-order valence-corrected chi connectivity index (χ0v) is 12.2. The van der Waals surface area contributed by atoms with Gasteiger partial charge in [0, 0.05) is 39.4 Å². The van der Waals surface area contributed by atoms with Crippen molar-refractivity contribution < 1.29 is 9.53 Å². The van der Waals surface area contributed by atoms with Gasteiger partial charge in [0.25, 0.3) is 0 Å².